The summed E-state index contributed by atoms with van der Waals surface area (Å²) in [6.45, 7) is 1.61. The second-order valence-electron chi connectivity index (χ2n) is 6.75. The molecule has 0 unspecified atom stereocenters. The number of hydrogen-bond donors (Lipinski definition) is 3. The minimum atomic E-state index is -0.911. The number of carbonyl (C=O) groups is 3. The third-order valence-electron chi connectivity index (χ3n) is 4.67. The summed E-state index contributed by atoms with van der Waals surface area (Å²) in [6, 6.07) is 7.18. The number of rotatable bonds is 7. The van der Waals surface area contributed by atoms with Crippen LogP contribution in [-0.4, -0.2) is 23.8 Å². The van der Waals surface area contributed by atoms with E-state index < -0.39 is 23.9 Å². The van der Waals surface area contributed by atoms with Crippen LogP contribution in [0, 0.1) is 5.92 Å². The minimum absolute atomic E-state index is 0.120. The lowest BCUT2D eigenvalue weighted by Gasteiger charge is -2.23. The molecule has 25 heavy (non-hydrogen) atoms. The Kier molecular flexibility index (Phi) is 6.98. The summed E-state index contributed by atoms with van der Waals surface area (Å²) in [5.74, 6) is -0.776. The SMILES string of the molecule is C[C@@H](NC(=O)CC1CCCCC1)C(=O)N[C@@H](C(N)=O)c1ccccc1. The number of amides is 3. The van der Waals surface area contributed by atoms with Crippen molar-refractivity contribution in [1.82, 2.24) is 10.6 Å². The lowest BCUT2D eigenvalue weighted by Crippen LogP contribution is -2.48. The van der Waals surface area contributed by atoms with Gasteiger partial charge in [-0.25, -0.2) is 0 Å². The first kappa shape index (κ1) is 19.0. The van der Waals surface area contributed by atoms with Crippen LogP contribution < -0.4 is 16.4 Å². The summed E-state index contributed by atoms with van der Waals surface area (Å²) in [5, 5.41) is 5.33. The molecule has 1 aromatic rings. The molecule has 3 amide bonds. The molecule has 0 aliphatic heterocycles. The highest BCUT2D eigenvalue weighted by Gasteiger charge is 2.25. The van der Waals surface area contributed by atoms with E-state index >= 15 is 0 Å². The first-order chi connectivity index (χ1) is 12.0. The molecule has 6 nitrogen and oxygen atoms in total. The van der Waals surface area contributed by atoms with Crippen molar-refractivity contribution in [2.75, 3.05) is 0 Å². The second kappa shape index (κ2) is 9.20. The van der Waals surface area contributed by atoms with Gasteiger partial charge in [-0.05, 0) is 31.2 Å². The van der Waals surface area contributed by atoms with E-state index in [1.807, 2.05) is 6.07 Å². The van der Waals surface area contributed by atoms with Gasteiger partial charge in [0.25, 0.3) is 0 Å². The van der Waals surface area contributed by atoms with Crippen LogP contribution in [0.2, 0.25) is 0 Å². The minimum Gasteiger partial charge on any atom is -0.368 e. The Bertz CT molecular complexity index is 597. The average Bonchev–Trinajstić information content (AvgIpc) is 2.60. The maximum absolute atomic E-state index is 12.3. The van der Waals surface area contributed by atoms with Gasteiger partial charge in [0.2, 0.25) is 17.7 Å². The lowest BCUT2D eigenvalue weighted by atomic mass is 9.87. The highest BCUT2D eigenvalue weighted by atomic mass is 16.2. The van der Waals surface area contributed by atoms with E-state index in [2.05, 4.69) is 10.6 Å². The first-order valence-corrected chi connectivity index (χ1v) is 8.91. The summed E-state index contributed by atoms with van der Waals surface area (Å²) >= 11 is 0. The van der Waals surface area contributed by atoms with Crippen LogP contribution in [0.25, 0.3) is 0 Å². The fourth-order valence-electron chi connectivity index (χ4n) is 3.25. The van der Waals surface area contributed by atoms with Gasteiger partial charge < -0.3 is 16.4 Å². The molecule has 4 N–H and O–H groups in total. The van der Waals surface area contributed by atoms with Crippen LogP contribution in [0.1, 0.15) is 57.1 Å². The highest BCUT2D eigenvalue weighted by Crippen LogP contribution is 2.26. The zero-order chi connectivity index (χ0) is 18.2. The molecule has 6 heteroatoms. The van der Waals surface area contributed by atoms with E-state index in [4.69, 9.17) is 5.73 Å². The standard InChI is InChI=1S/C19H27N3O3/c1-13(21-16(23)12-14-8-4-2-5-9-14)19(25)22-17(18(20)24)15-10-6-3-7-11-15/h3,6-7,10-11,13-14,17H,2,4-5,8-9,12H2,1H3,(H2,20,24)(H,21,23)(H,22,25)/t13-,17-/m1/s1. The van der Waals surface area contributed by atoms with Crippen molar-refractivity contribution < 1.29 is 14.4 Å². The molecule has 0 saturated heterocycles. The number of carbonyl (C=O) groups excluding carboxylic acids is 3. The maximum atomic E-state index is 12.3. The van der Waals surface area contributed by atoms with Crippen molar-refractivity contribution in [2.45, 2.75) is 57.5 Å². The van der Waals surface area contributed by atoms with Crippen LogP contribution in [0.4, 0.5) is 0 Å². The van der Waals surface area contributed by atoms with Crippen LogP contribution in [0.3, 0.4) is 0 Å². The Morgan fingerprint density at radius 1 is 1.08 bits per heavy atom. The van der Waals surface area contributed by atoms with Gasteiger partial charge >= 0.3 is 0 Å². The smallest absolute Gasteiger partial charge is 0.244 e. The summed E-state index contributed by atoms with van der Waals surface area (Å²) in [6.07, 6.45) is 6.19. The molecule has 0 spiro atoms. The quantitative estimate of drug-likeness (QED) is 0.702. The summed E-state index contributed by atoms with van der Waals surface area (Å²) in [7, 11) is 0. The van der Waals surface area contributed by atoms with Crippen LogP contribution in [0.5, 0.6) is 0 Å². The van der Waals surface area contributed by atoms with E-state index in [9.17, 15) is 14.4 Å². The Labute approximate surface area is 148 Å². The van der Waals surface area contributed by atoms with Crippen molar-refractivity contribution in [2.24, 2.45) is 11.7 Å². The van der Waals surface area contributed by atoms with Crippen LogP contribution in [-0.2, 0) is 14.4 Å². The Morgan fingerprint density at radius 3 is 2.32 bits per heavy atom. The van der Waals surface area contributed by atoms with Crippen LogP contribution >= 0.6 is 0 Å². The predicted octanol–water partition coefficient (Wildman–Crippen LogP) is 1.80. The normalized spacial score (nSPS) is 17.3. The van der Waals surface area contributed by atoms with Gasteiger partial charge in [-0.2, -0.15) is 0 Å². The fourth-order valence-corrected chi connectivity index (χ4v) is 3.25. The molecular formula is C19H27N3O3. The van der Waals surface area contributed by atoms with E-state index in [1.165, 1.54) is 19.3 Å². The van der Waals surface area contributed by atoms with E-state index in [-0.39, 0.29) is 5.91 Å². The van der Waals surface area contributed by atoms with Gasteiger partial charge in [-0.15, -0.1) is 0 Å². The average molecular weight is 345 g/mol. The van der Waals surface area contributed by atoms with Crippen molar-refractivity contribution in [3.63, 3.8) is 0 Å². The van der Waals surface area contributed by atoms with Gasteiger partial charge in [-0.1, -0.05) is 49.6 Å². The van der Waals surface area contributed by atoms with Crippen molar-refractivity contribution in [3.8, 4) is 0 Å². The van der Waals surface area contributed by atoms with E-state index in [0.717, 1.165) is 12.8 Å². The Balaban J connectivity index is 1.87. The maximum Gasteiger partial charge on any atom is 0.244 e. The molecule has 0 bridgehead atoms. The molecule has 0 radical (unpaired) electrons. The van der Waals surface area contributed by atoms with Crippen molar-refractivity contribution in [3.05, 3.63) is 35.9 Å². The Hall–Kier alpha value is -2.37. The second-order valence-corrected chi connectivity index (χ2v) is 6.75. The van der Waals surface area contributed by atoms with Gasteiger partial charge in [-0.3, -0.25) is 14.4 Å². The molecule has 2 rings (SSSR count). The molecule has 1 aromatic carbocycles. The summed E-state index contributed by atoms with van der Waals surface area (Å²) < 4.78 is 0. The molecule has 2 atom stereocenters. The Morgan fingerprint density at radius 2 is 1.72 bits per heavy atom. The molecule has 0 heterocycles. The predicted molar refractivity (Wildman–Crippen MR) is 95.3 cm³/mol. The number of nitrogens with one attached hydrogen (secondary N) is 2. The van der Waals surface area contributed by atoms with Crippen LogP contribution in [0.15, 0.2) is 30.3 Å². The third-order valence-corrected chi connectivity index (χ3v) is 4.67. The molecular weight excluding hydrogens is 318 g/mol. The van der Waals surface area contributed by atoms with Gasteiger partial charge in [0.15, 0.2) is 0 Å². The monoisotopic (exact) mass is 345 g/mol. The highest BCUT2D eigenvalue weighted by molar-refractivity contribution is 5.91. The molecule has 1 aliphatic carbocycles. The molecule has 1 aliphatic rings. The number of hydrogen-bond acceptors (Lipinski definition) is 3. The van der Waals surface area contributed by atoms with E-state index in [0.29, 0.717) is 17.9 Å². The summed E-state index contributed by atoms with van der Waals surface area (Å²) in [5.41, 5.74) is 6.02. The summed E-state index contributed by atoms with van der Waals surface area (Å²) in [4.78, 5) is 36.1. The zero-order valence-corrected chi connectivity index (χ0v) is 14.7. The molecule has 1 fully saturated rings. The van der Waals surface area contributed by atoms with E-state index in [1.54, 1.807) is 31.2 Å². The van der Waals surface area contributed by atoms with Gasteiger partial charge in [0.1, 0.15) is 12.1 Å². The molecule has 1 saturated carbocycles. The lowest BCUT2D eigenvalue weighted by molar-refractivity contribution is -0.131. The molecule has 136 valence electrons. The van der Waals surface area contributed by atoms with Gasteiger partial charge in [0, 0.05) is 6.42 Å². The number of benzene rings is 1. The third kappa shape index (κ3) is 5.89. The fraction of sp³-hybridized carbons (Fsp3) is 0.526. The zero-order valence-electron chi connectivity index (χ0n) is 14.7. The largest absolute Gasteiger partial charge is 0.368 e. The number of nitrogens with two attached hydrogens (primary N) is 1. The van der Waals surface area contributed by atoms with Gasteiger partial charge in [0.05, 0.1) is 0 Å². The topological polar surface area (TPSA) is 101 Å². The van der Waals surface area contributed by atoms with Crippen molar-refractivity contribution >= 4 is 17.7 Å². The number of primary amides is 1. The van der Waals surface area contributed by atoms with Crippen molar-refractivity contribution in [1.29, 1.82) is 0 Å². The molecule has 0 aromatic heterocycles. The first-order valence-electron chi connectivity index (χ1n) is 8.91.